The first-order valence-electron chi connectivity index (χ1n) is 6.38. The maximum Gasteiger partial charge on any atom is 0.213 e. The largest absolute Gasteiger partial charge is 0.229 e. The molecule has 0 aromatic rings. The lowest BCUT2D eigenvalue weighted by atomic mass is 10.2. The maximum absolute atomic E-state index is 12.1. The molecule has 1 heterocycles. The van der Waals surface area contributed by atoms with Gasteiger partial charge in [0.05, 0.1) is 16.8 Å². The predicted molar refractivity (Wildman–Crippen MR) is 72.7 cm³/mol. The fraction of sp³-hybridized carbons (Fsp3) is 1.00. The highest BCUT2D eigenvalue weighted by Gasteiger charge is 2.33. The van der Waals surface area contributed by atoms with Crippen molar-refractivity contribution < 1.29 is 16.8 Å². The molecule has 18 heavy (non-hydrogen) atoms. The minimum Gasteiger partial charge on any atom is -0.229 e. The van der Waals surface area contributed by atoms with E-state index in [1.807, 2.05) is 13.8 Å². The number of piperidine rings is 1. The highest BCUT2D eigenvalue weighted by molar-refractivity contribution is 7.92. The molecule has 0 aliphatic carbocycles. The van der Waals surface area contributed by atoms with Crippen LogP contribution in [0.15, 0.2) is 0 Å². The van der Waals surface area contributed by atoms with E-state index in [0.717, 1.165) is 0 Å². The number of nitrogens with zero attached hydrogens (tertiary/aromatic N) is 1. The quantitative estimate of drug-likeness (QED) is 0.755. The summed E-state index contributed by atoms with van der Waals surface area (Å²) in [5, 5.41) is -0.372. The number of hydrogen-bond donors (Lipinski definition) is 0. The molecule has 108 valence electrons. The Labute approximate surface area is 111 Å². The van der Waals surface area contributed by atoms with Crippen LogP contribution in [0.5, 0.6) is 0 Å². The van der Waals surface area contributed by atoms with Crippen molar-refractivity contribution in [1.29, 1.82) is 0 Å². The van der Waals surface area contributed by atoms with Gasteiger partial charge in [0.1, 0.15) is 0 Å². The summed E-state index contributed by atoms with van der Waals surface area (Å²) in [5.41, 5.74) is 0. The number of sulfone groups is 1. The minimum atomic E-state index is -3.17. The molecule has 0 unspecified atom stereocenters. The fourth-order valence-corrected chi connectivity index (χ4v) is 5.52. The first-order chi connectivity index (χ1) is 8.19. The van der Waals surface area contributed by atoms with E-state index < -0.39 is 19.9 Å². The summed E-state index contributed by atoms with van der Waals surface area (Å²) in [5.74, 6) is 0.390. The predicted octanol–water partition coefficient (Wildman–Crippen LogP) is 0.871. The topological polar surface area (TPSA) is 71.5 Å². The minimum absolute atomic E-state index is 0.0798. The van der Waals surface area contributed by atoms with Crippen LogP contribution in [-0.4, -0.2) is 51.0 Å². The lowest BCUT2D eigenvalue weighted by molar-refractivity contribution is 0.345. The molecule has 1 fully saturated rings. The first kappa shape index (κ1) is 15.9. The number of rotatable bonds is 5. The van der Waals surface area contributed by atoms with Gasteiger partial charge in [0, 0.05) is 13.1 Å². The Morgan fingerprint density at radius 1 is 1.11 bits per heavy atom. The van der Waals surface area contributed by atoms with Gasteiger partial charge in [-0.25, -0.2) is 21.1 Å². The average Bonchev–Trinajstić information content (AvgIpc) is 2.27. The van der Waals surface area contributed by atoms with Crippen LogP contribution in [-0.2, 0) is 19.9 Å². The van der Waals surface area contributed by atoms with Crippen molar-refractivity contribution in [2.45, 2.75) is 38.9 Å². The zero-order valence-corrected chi connectivity index (χ0v) is 12.9. The van der Waals surface area contributed by atoms with Crippen LogP contribution in [0.3, 0.4) is 0 Å². The molecule has 0 amide bonds. The Bertz CT molecular complexity index is 459. The third kappa shape index (κ3) is 3.93. The van der Waals surface area contributed by atoms with E-state index in [4.69, 9.17) is 0 Å². The van der Waals surface area contributed by atoms with Crippen LogP contribution in [0.1, 0.15) is 33.6 Å². The molecule has 1 aliphatic rings. The summed E-state index contributed by atoms with van der Waals surface area (Å²) in [6.45, 7) is 6.04. The fourth-order valence-electron chi connectivity index (χ4n) is 2.25. The Morgan fingerprint density at radius 2 is 1.61 bits per heavy atom. The molecule has 0 aromatic carbocycles. The van der Waals surface area contributed by atoms with Crippen LogP contribution in [0, 0.1) is 5.92 Å². The van der Waals surface area contributed by atoms with Gasteiger partial charge >= 0.3 is 0 Å². The van der Waals surface area contributed by atoms with Crippen molar-refractivity contribution in [3.8, 4) is 0 Å². The molecule has 0 radical (unpaired) electrons. The van der Waals surface area contributed by atoms with Gasteiger partial charge < -0.3 is 0 Å². The normalized spacial score (nSPS) is 20.4. The molecular weight excluding hydrogens is 274 g/mol. The van der Waals surface area contributed by atoms with Gasteiger partial charge in [0.25, 0.3) is 0 Å². The summed E-state index contributed by atoms with van der Waals surface area (Å²) in [6.07, 6.45) is 0.850. The van der Waals surface area contributed by atoms with E-state index in [9.17, 15) is 16.8 Å². The Balaban J connectivity index is 2.65. The molecule has 1 saturated heterocycles. The second kappa shape index (κ2) is 5.88. The van der Waals surface area contributed by atoms with E-state index >= 15 is 0 Å². The first-order valence-corrected chi connectivity index (χ1v) is 9.71. The molecule has 1 aliphatic heterocycles. The Kier molecular flexibility index (Phi) is 5.20. The summed E-state index contributed by atoms with van der Waals surface area (Å²) in [4.78, 5) is 0. The van der Waals surface area contributed by atoms with E-state index in [0.29, 0.717) is 25.9 Å². The van der Waals surface area contributed by atoms with Gasteiger partial charge in [-0.3, -0.25) is 0 Å². The highest BCUT2D eigenvalue weighted by Crippen LogP contribution is 2.22. The van der Waals surface area contributed by atoms with Crippen molar-refractivity contribution in [1.82, 2.24) is 4.31 Å². The smallest absolute Gasteiger partial charge is 0.213 e. The molecule has 0 bridgehead atoms. The molecule has 0 saturated carbocycles. The molecular formula is C11H23NO4S2. The van der Waals surface area contributed by atoms with Gasteiger partial charge in [-0.2, -0.15) is 0 Å². The summed E-state index contributed by atoms with van der Waals surface area (Å²) >= 11 is 0. The van der Waals surface area contributed by atoms with Crippen molar-refractivity contribution in [3.05, 3.63) is 0 Å². The van der Waals surface area contributed by atoms with Gasteiger partial charge in [-0.05, 0) is 25.7 Å². The van der Waals surface area contributed by atoms with E-state index in [-0.39, 0.29) is 22.7 Å². The zero-order valence-electron chi connectivity index (χ0n) is 11.3. The maximum atomic E-state index is 12.1. The van der Waals surface area contributed by atoms with Crippen LogP contribution in [0.4, 0.5) is 0 Å². The molecule has 7 heteroatoms. The van der Waals surface area contributed by atoms with E-state index in [1.165, 1.54) is 4.31 Å². The average molecular weight is 297 g/mol. The summed E-state index contributed by atoms with van der Waals surface area (Å²) in [6, 6.07) is 0. The third-order valence-electron chi connectivity index (χ3n) is 3.23. The SMILES string of the molecule is CCS(=O)(=O)N1CCC(S(=O)(=O)CC(C)C)CC1. The monoisotopic (exact) mass is 297 g/mol. The van der Waals surface area contributed by atoms with Crippen LogP contribution < -0.4 is 0 Å². The van der Waals surface area contributed by atoms with Gasteiger partial charge in [-0.15, -0.1) is 0 Å². The number of sulfonamides is 1. The van der Waals surface area contributed by atoms with Crippen LogP contribution in [0.2, 0.25) is 0 Å². The zero-order chi connectivity index (χ0) is 14.0. The van der Waals surface area contributed by atoms with E-state index in [2.05, 4.69) is 0 Å². The van der Waals surface area contributed by atoms with Gasteiger partial charge in [-0.1, -0.05) is 13.8 Å². The van der Waals surface area contributed by atoms with E-state index in [1.54, 1.807) is 6.92 Å². The molecule has 0 spiro atoms. The van der Waals surface area contributed by atoms with Crippen molar-refractivity contribution >= 4 is 19.9 Å². The number of hydrogen-bond acceptors (Lipinski definition) is 4. The third-order valence-corrected chi connectivity index (χ3v) is 7.73. The molecule has 0 atom stereocenters. The standard InChI is InChI=1S/C11H23NO4S2/c1-4-18(15,16)12-7-5-11(6-8-12)17(13,14)9-10(2)3/h10-11H,4-9H2,1-3H3. The Hall–Kier alpha value is -0.140. The second-order valence-electron chi connectivity index (χ2n) is 5.22. The lowest BCUT2D eigenvalue weighted by Crippen LogP contribution is -2.43. The summed E-state index contributed by atoms with van der Waals surface area (Å²) in [7, 11) is -6.25. The van der Waals surface area contributed by atoms with Gasteiger partial charge in [0.2, 0.25) is 10.0 Å². The summed E-state index contributed by atoms with van der Waals surface area (Å²) < 4.78 is 48.8. The lowest BCUT2D eigenvalue weighted by Gasteiger charge is -2.31. The Morgan fingerprint density at radius 3 is 2.00 bits per heavy atom. The molecule has 5 nitrogen and oxygen atoms in total. The molecule has 1 rings (SSSR count). The van der Waals surface area contributed by atoms with Gasteiger partial charge in [0.15, 0.2) is 9.84 Å². The van der Waals surface area contributed by atoms with Crippen LogP contribution in [0.25, 0.3) is 0 Å². The molecule has 0 aromatic heterocycles. The van der Waals surface area contributed by atoms with Crippen LogP contribution >= 0.6 is 0 Å². The van der Waals surface area contributed by atoms with Crippen molar-refractivity contribution in [2.24, 2.45) is 5.92 Å². The highest BCUT2D eigenvalue weighted by atomic mass is 32.2. The second-order valence-corrected chi connectivity index (χ2v) is 9.81. The molecule has 0 N–H and O–H groups in total. The van der Waals surface area contributed by atoms with Crippen molar-refractivity contribution in [3.63, 3.8) is 0 Å². The van der Waals surface area contributed by atoms with Crippen molar-refractivity contribution in [2.75, 3.05) is 24.6 Å².